The van der Waals surface area contributed by atoms with Gasteiger partial charge in [0, 0.05) is 24.7 Å². The number of pyridine rings is 1. The Morgan fingerprint density at radius 3 is 2.40 bits per heavy atom. The Bertz CT molecular complexity index is 469. The number of alkyl halides is 4. The highest BCUT2D eigenvalue weighted by atomic mass is 35.5. The average Bonchev–Trinajstić information content (AvgIpc) is 2.37. The van der Waals surface area contributed by atoms with E-state index < -0.39 is 11.7 Å². The van der Waals surface area contributed by atoms with E-state index >= 15 is 0 Å². The van der Waals surface area contributed by atoms with Crippen LogP contribution >= 0.6 is 23.2 Å². The first-order valence-corrected chi connectivity index (χ1v) is 7.22. The van der Waals surface area contributed by atoms with E-state index in [2.05, 4.69) is 4.98 Å². The second kappa shape index (κ2) is 5.98. The van der Waals surface area contributed by atoms with Crippen molar-refractivity contribution in [3.63, 3.8) is 0 Å². The van der Waals surface area contributed by atoms with Crippen LogP contribution in [0.5, 0.6) is 0 Å². The molecule has 1 atom stereocenters. The van der Waals surface area contributed by atoms with E-state index in [1.54, 1.807) is 0 Å². The molecule has 1 fully saturated rings. The van der Waals surface area contributed by atoms with Crippen LogP contribution in [0, 0.1) is 5.92 Å². The second-order valence-corrected chi connectivity index (χ2v) is 6.12. The van der Waals surface area contributed by atoms with Crippen LogP contribution in [0.4, 0.5) is 19.0 Å². The maximum atomic E-state index is 12.6. The third-order valence-corrected chi connectivity index (χ3v) is 4.27. The minimum atomic E-state index is -4.42. The summed E-state index contributed by atoms with van der Waals surface area (Å²) < 4.78 is 37.7. The smallest absolute Gasteiger partial charge is 0.355 e. The molecule has 7 heteroatoms. The highest BCUT2D eigenvalue weighted by molar-refractivity contribution is 6.33. The van der Waals surface area contributed by atoms with Gasteiger partial charge in [0.2, 0.25) is 0 Å². The zero-order valence-electron chi connectivity index (χ0n) is 10.9. The lowest BCUT2D eigenvalue weighted by Gasteiger charge is -2.34. The molecule has 0 aliphatic carbocycles. The molecule has 2 rings (SSSR count). The number of rotatable bonds is 2. The van der Waals surface area contributed by atoms with Gasteiger partial charge in [-0.2, -0.15) is 13.2 Å². The van der Waals surface area contributed by atoms with Crippen LogP contribution in [0.1, 0.15) is 25.3 Å². The van der Waals surface area contributed by atoms with Gasteiger partial charge in [-0.25, -0.2) is 4.98 Å². The van der Waals surface area contributed by atoms with Crippen LogP contribution in [0.25, 0.3) is 0 Å². The van der Waals surface area contributed by atoms with Crippen LogP contribution in [0.15, 0.2) is 12.3 Å². The second-order valence-electron chi connectivity index (χ2n) is 5.03. The van der Waals surface area contributed by atoms with Crippen LogP contribution in [-0.4, -0.2) is 23.5 Å². The molecule has 0 saturated carbocycles. The molecule has 20 heavy (non-hydrogen) atoms. The summed E-state index contributed by atoms with van der Waals surface area (Å²) in [4.78, 5) is 5.79. The lowest BCUT2D eigenvalue weighted by atomic mass is 9.94. The van der Waals surface area contributed by atoms with Crippen molar-refractivity contribution in [2.24, 2.45) is 5.92 Å². The number of hydrogen-bond donors (Lipinski definition) is 0. The predicted octanol–water partition coefficient (Wildman–Crippen LogP) is 4.60. The summed E-state index contributed by atoms with van der Waals surface area (Å²) >= 11 is 12.0. The Morgan fingerprint density at radius 1 is 1.35 bits per heavy atom. The Labute approximate surface area is 125 Å². The quantitative estimate of drug-likeness (QED) is 0.738. The number of hydrogen-bond acceptors (Lipinski definition) is 2. The summed E-state index contributed by atoms with van der Waals surface area (Å²) in [6.45, 7) is 3.38. The van der Waals surface area contributed by atoms with Gasteiger partial charge in [0.1, 0.15) is 5.82 Å². The molecule has 0 radical (unpaired) electrons. The molecular weight excluding hydrogens is 312 g/mol. The van der Waals surface area contributed by atoms with E-state index in [9.17, 15) is 13.2 Å². The lowest BCUT2D eigenvalue weighted by Crippen LogP contribution is -2.36. The minimum absolute atomic E-state index is 0.0391. The normalized spacial score (nSPS) is 19.2. The highest BCUT2D eigenvalue weighted by Crippen LogP contribution is 2.35. The first-order valence-electron chi connectivity index (χ1n) is 6.41. The van der Waals surface area contributed by atoms with E-state index in [4.69, 9.17) is 23.2 Å². The number of halogens is 5. The first-order chi connectivity index (χ1) is 9.29. The molecule has 0 spiro atoms. The molecule has 0 amide bonds. The zero-order valence-corrected chi connectivity index (χ0v) is 12.4. The Balaban J connectivity index is 2.11. The molecule has 1 aromatic rings. The van der Waals surface area contributed by atoms with Crippen molar-refractivity contribution < 1.29 is 13.2 Å². The van der Waals surface area contributed by atoms with E-state index in [0.29, 0.717) is 24.8 Å². The maximum Gasteiger partial charge on any atom is 0.417 e. The monoisotopic (exact) mass is 326 g/mol. The summed E-state index contributed by atoms with van der Waals surface area (Å²) in [5.74, 6) is 0.849. The summed E-state index contributed by atoms with van der Waals surface area (Å²) in [6, 6.07) is 0.931. The van der Waals surface area contributed by atoms with Crippen LogP contribution < -0.4 is 4.90 Å². The molecule has 0 aromatic carbocycles. The molecule has 112 valence electrons. The minimum Gasteiger partial charge on any atom is -0.355 e. The van der Waals surface area contributed by atoms with Gasteiger partial charge < -0.3 is 4.90 Å². The SMILES string of the molecule is CC(Cl)C1CCN(c2ncc(C(F)(F)F)cc2Cl)CC1. The largest absolute Gasteiger partial charge is 0.417 e. The molecule has 0 N–H and O–H groups in total. The standard InChI is InChI=1S/C13H15Cl2F3N2/c1-8(14)9-2-4-20(5-3-9)12-11(15)6-10(7-19-12)13(16,17)18/h6-9H,2-5H2,1H3. The molecular formula is C13H15Cl2F3N2. The number of piperidine rings is 1. The summed E-state index contributed by atoms with van der Waals surface area (Å²) in [7, 11) is 0. The molecule has 2 nitrogen and oxygen atoms in total. The van der Waals surface area contributed by atoms with Gasteiger partial charge in [-0.1, -0.05) is 11.6 Å². The van der Waals surface area contributed by atoms with Gasteiger partial charge in [0.05, 0.1) is 10.6 Å². The Morgan fingerprint density at radius 2 is 1.95 bits per heavy atom. The van der Waals surface area contributed by atoms with Crippen molar-refractivity contribution in [3.8, 4) is 0 Å². The van der Waals surface area contributed by atoms with Gasteiger partial charge in [-0.3, -0.25) is 0 Å². The maximum absolute atomic E-state index is 12.6. The summed E-state index contributed by atoms with van der Waals surface area (Å²) in [6.07, 6.45) is -1.80. The van der Waals surface area contributed by atoms with Gasteiger partial charge in [-0.05, 0) is 31.7 Å². The van der Waals surface area contributed by atoms with Gasteiger partial charge in [0.15, 0.2) is 0 Å². The zero-order chi connectivity index (χ0) is 14.9. The van der Waals surface area contributed by atoms with Gasteiger partial charge in [0.25, 0.3) is 0 Å². The molecule has 2 heterocycles. The van der Waals surface area contributed by atoms with E-state index in [1.807, 2.05) is 11.8 Å². The molecule has 1 unspecified atom stereocenters. The fourth-order valence-corrected chi connectivity index (χ4v) is 2.93. The molecule has 1 saturated heterocycles. The lowest BCUT2D eigenvalue weighted by molar-refractivity contribution is -0.137. The van der Waals surface area contributed by atoms with Crippen molar-refractivity contribution >= 4 is 29.0 Å². The van der Waals surface area contributed by atoms with Crippen LogP contribution in [0.2, 0.25) is 5.02 Å². The topological polar surface area (TPSA) is 16.1 Å². The van der Waals surface area contributed by atoms with Crippen LogP contribution in [-0.2, 0) is 6.18 Å². The van der Waals surface area contributed by atoms with Crippen molar-refractivity contribution in [1.82, 2.24) is 4.98 Å². The third kappa shape index (κ3) is 3.50. The molecule has 1 aliphatic heterocycles. The van der Waals surface area contributed by atoms with E-state index in [0.717, 1.165) is 25.1 Å². The van der Waals surface area contributed by atoms with Gasteiger partial charge >= 0.3 is 6.18 Å². The average molecular weight is 327 g/mol. The predicted molar refractivity (Wildman–Crippen MR) is 74.5 cm³/mol. The van der Waals surface area contributed by atoms with Crippen molar-refractivity contribution in [2.75, 3.05) is 18.0 Å². The molecule has 0 bridgehead atoms. The summed E-state index contributed by atoms with van der Waals surface area (Å²) in [5.41, 5.74) is -0.824. The van der Waals surface area contributed by atoms with E-state index in [1.165, 1.54) is 0 Å². The number of aromatic nitrogens is 1. The Kier molecular flexibility index (Phi) is 4.69. The molecule has 1 aliphatic rings. The highest BCUT2D eigenvalue weighted by Gasteiger charge is 2.32. The van der Waals surface area contributed by atoms with Crippen molar-refractivity contribution in [1.29, 1.82) is 0 Å². The number of nitrogens with zero attached hydrogens (tertiary/aromatic N) is 2. The first kappa shape index (κ1) is 15.7. The van der Waals surface area contributed by atoms with Crippen molar-refractivity contribution in [3.05, 3.63) is 22.8 Å². The van der Waals surface area contributed by atoms with Crippen molar-refractivity contribution in [2.45, 2.75) is 31.3 Å². The summed E-state index contributed by atoms with van der Waals surface area (Å²) in [5, 5.41) is 0.144. The molecule has 1 aromatic heterocycles. The van der Waals surface area contributed by atoms with E-state index in [-0.39, 0.29) is 10.4 Å². The van der Waals surface area contributed by atoms with Crippen LogP contribution in [0.3, 0.4) is 0 Å². The Hall–Kier alpha value is -0.680. The third-order valence-electron chi connectivity index (χ3n) is 3.64. The fourth-order valence-electron chi connectivity index (χ4n) is 2.39. The number of anilines is 1. The fraction of sp³-hybridized carbons (Fsp3) is 0.615. The van der Waals surface area contributed by atoms with Gasteiger partial charge in [-0.15, -0.1) is 11.6 Å².